The number of ether oxygens (including phenoxy) is 2. The molecular weight excluding hydrogens is 406 g/mol. The van der Waals surface area contributed by atoms with E-state index >= 15 is 0 Å². The molecule has 170 valence electrons. The molecule has 2 amide bonds. The number of benzene rings is 1. The Morgan fingerprint density at radius 3 is 2.78 bits per heavy atom. The van der Waals surface area contributed by atoms with Crippen LogP contribution in [0, 0.1) is 0 Å². The smallest absolute Gasteiger partial charge is 0.414 e. The van der Waals surface area contributed by atoms with Crippen LogP contribution in [-0.2, 0) is 20.7 Å². The summed E-state index contributed by atoms with van der Waals surface area (Å²) in [5.41, 5.74) is 3.27. The minimum Gasteiger partial charge on any atom is -0.444 e. The van der Waals surface area contributed by atoms with E-state index in [-0.39, 0.29) is 30.8 Å². The van der Waals surface area contributed by atoms with Crippen LogP contribution in [0.15, 0.2) is 53.2 Å². The third kappa shape index (κ3) is 5.46. The summed E-state index contributed by atoms with van der Waals surface area (Å²) in [4.78, 5) is 32.4. The van der Waals surface area contributed by atoms with Crippen molar-refractivity contribution in [3.8, 4) is 0 Å². The Morgan fingerprint density at radius 1 is 1.22 bits per heavy atom. The Bertz CT molecular complexity index is 906. The largest absolute Gasteiger partial charge is 0.444 e. The standard InChI is InChI=1S/C25H31N3O4/c1-2-3-19-4-6-20(7-5-19)16-26-13-12-23-17-28(25(30)32-23)22-10-8-21(9-11-22)27-14-15-31-18-24(27)29/h4-8,10-11,16,21,23H,2-3,9,12-15,17-18H2,1H3/t21?,23-/m0/s1. The topological polar surface area (TPSA) is 71.4 Å². The zero-order valence-electron chi connectivity index (χ0n) is 18.6. The molecule has 0 bridgehead atoms. The predicted octanol–water partition coefficient (Wildman–Crippen LogP) is 3.34. The van der Waals surface area contributed by atoms with E-state index in [1.807, 2.05) is 29.3 Å². The molecule has 7 nitrogen and oxygen atoms in total. The van der Waals surface area contributed by atoms with Gasteiger partial charge in [0.15, 0.2) is 0 Å². The summed E-state index contributed by atoms with van der Waals surface area (Å²) in [7, 11) is 0. The molecule has 7 heteroatoms. The molecule has 0 aromatic heterocycles. The van der Waals surface area contributed by atoms with Gasteiger partial charge >= 0.3 is 6.09 Å². The number of hydrogen-bond acceptors (Lipinski definition) is 5. The number of nitrogens with zero attached hydrogens (tertiary/aromatic N) is 3. The van der Waals surface area contributed by atoms with Crippen LogP contribution in [0.4, 0.5) is 4.79 Å². The Morgan fingerprint density at radius 2 is 2.06 bits per heavy atom. The van der Waals surface area contributed by atoms with Crippen LogP contribution in [0.3, 0.4) is 0 Å². The molecule has 2 aliphatic heterocycles. The van der Waals surface area contributed by atoms with Crippen molar-refractivity contribution >= 4 is 18.2 Å². The highest BCUT2D eigenvalue weighted by Gasteiger charge is 2.34. The van der Waals surface area contributed by atoms with E-state index in [1.54, 1.807) is 4.90 Å². The molecule has 0 saturated carbocycles. The van der Waals surface area contributed by atoms with Gasteiger partial charge < -0.3 is 14.4 Å². The first-order valence-corrected chi connectivity index (χ1v) is 11.5. The number of carbonyl (C=O) groups excluding carboxylic acids is 2. The van der Waals surface area contributed by atoms with Gasteiger partial charge in [-0.2, -0.15) is 0 Å². The third-order valence-electron chi connectivity index (χ3n) is 6.01. The van der Waals surface area contributed by atoms with Crippen molar-refractivity contribution in [1.29, 1.82) is 0 Å². The highest BCUT2D eigenvalue weighted by molar-refractivity contribution is 5.80. The summed E-state index contributed by atoms with van der Waals surface area (Å²) < 4.78 is 10.7. The minimum atomic E-state index is -0.317. The van der Waals surface area contributed by atoms with E-state index < -0.39 is 0 Å². The Labute approximate surface area is 189 Å². The molecule has 2 heterocycles. The average molecular weight is 438 g/mol. The van der Waals surface area contributed by atoms with E-state index in [2.05, 4.69) is 36.2 Å². The van der Waals surface area contributed by atoms with Gasteiger partial charge in [0.25, 0.3) is 0 Å². The molecular formula is C25H31N3O4. The van der Waals surface area contributed by atoms with Gasteiger partial charge in [0.2, 0.25) is 5.91 Å². The molecule has 0 spiro atoms. The molecule has 2 atom stereocenters. The van der Waals surface area contributed by atoms with E-state index in [1.165, 1.54) is 5.56 Å². The second-order valence-corrected chi connectivity index (χ2v) is 8.36. The molecule has 32 heavy (non-hydrogen) atoms. The molecule has 1 aliphatic carbocycles. The number of morpholine rings is 1. The highest BCUT2D eigenvalue weighted by Crippen LogP contribution is 2.25. The fourth-order valence-corrected chi connectivity index (χ4v) is 4.24. The van der Waals surface area contributed by atoms with Gasteiger partial charge in [0.1, 0.15) is 12.7 Å². The molecule has 3 aliphatic rings. The number of allylic oxidation sites excluding steroid dienone is 1. The SMILES string of the molecule is CCCc1ccc(C=NCC[C@H]2CN(C3=CCC(N4CCOCC4=O)C=C3)C(=O)O2)cc1. The minimum absolute atomic E-state index is 0.0147. The van der Waals surface area contributed by atoms with Crippen LogP contribution in [0.25, 0.3) is 0 Å². The lowest BCUT2D eigenvalue weighted by atomic mass is 10.0. The van der Waals surface area contributed by atoms with Crippen LogP contribution in [0.1, 0.15) is 37.3 Å². The molecule has 0 N–H and O–H groups in total. The molecule has 4 rings (SSSR count). The maximum atomic E-state index is 12.4. The zero-order chi connectivity index (χ0) is 22.3. The summed E-state index contributed by atoms with van der Waals surface area (Å²) in [6.07, 6.45) is 10.9. The number of aliphatic imine (C=N–C) groups is 1. The Kier molecular flexibility index (Phi) is 7.37. The van der Waals surface area contributed by atoms with Gasteiger partial charge in [-0.3, -0.25) is 14.7 Å². The van der Waals surface area contributed by atoms with Gasteiger partial charge in [-0.1, -0.05) is 49.8 Å². The van der Waals surface area contributed by atoms with Crippen LogP contribution in [0.5, 0.6) is 0 Å². The van der Waals surface area contributed by atoms with Crippen LogP contribution in [-0.4, -0.2) is 73.0 Å². The fraction of sp³-hybridized carbons (Fsp3) is 0.480. The van der Waals surface area contributed by atoms with Crippen molar-refractivity contribution in [3.63, 3.8) is 0 Å². The van der Waals surface area contributed by atoms with Crippen molar-refractivity contribution in [1.82, 2.24) is 9.80 Å². The zero-order valence-corrected chi connectivity index (χ0v) is 18.6. The number of cyclic esters (lactones) is 1. The first-order valence-electron chi connectivity index (χ1n) is 11.5. The third-order valence-corrected chi connectivity index (χ3v) is 6.01. The van der Waals surface area contributed by atoms with E-state index in [0.717, 1.165) is 24.1 Å². The summed E-state index contributed by atoms with van der Waals surface area (Å²) in [6, 6.07) is 8.49. The number of aryl methyl sites for hydroxylation is 1. The number of hydrogen-bond donors (Lipinski definition) is 0. The normalized spacial score (nSPS) is 23.7. The van der Waals surface area contributed by atoms with E-state index in [9.17, 15) is 9.59 Å². The summed E-state index contributed by atoms with van der Waals surface area (Å²) in [6.45, 7) is 4.63. The number of rotatable bonds is 8. The summed E-state index contributed by atoms with van der Waals surface area (Å²) in [5, 5.41) is 0. The van der Waals surface area contributed by atoms with Gasteiger partial charge in [0, 0.05) is 31.4 Å². The summed E-state index contributed by atoms with van der Waals surface area (Å²) >= 11 is 0. The highest BCUT2D eigenvalue weighted by atomic mass is 16.6. The lowest BCUT2D eigenvalue weighted by molar-refractivity contribution is -0.144. The molecule has 1 unspecified atom stereocenters. The van der Waals surface area contributed by atoms with Gasteiger partial charge in [-0.05, 0) is 30.0 Å². The van der Waals surface area contributed by atoms with Crippen molar-refractivity contribution < 1.29 is 19.1 Å². The first kappa shape index (κ1) is 22.3. The second kappa shape index (κ2) is 10.6. The van der Waals surface area contributed by atoms with Crippen LogP contribution < -0.4 is 0 Å². The molecule has 0 radical (unpaired) electrons. The Hall–Kier alpha value is -2.93. The maximum Gasteiger partial charge on any atom is 0.414 e. The lowest BCUT2D eigenvalue weighted by Crippen LogP contribution is -2.47. The maximum absolute atomic E-state index is 12.4. The Balaban J connectivity index is 1.24. The fourth-order valence-electron chi connectivity index (χ4n) is 4.24. The van der Waals surface area contributed by atoms with Gasteiger partial charge in [-0.15, -0.1) is 0 Å². The molecule has 1 aromatic rings. The van der Waals surface area contributed by atoms with Crippen molar-refractivity contribution in [2.24, 2.45) is 4.99 Å². The van der Waals surface area contributed by atoms with E-state index in [4.69, 9.17) is 9.47 Å². The van der Waals surface area contributed by atoms with E-state index in [0.29, 0.717) is 39.1 Å². The van der Waals surface area contributed by atoms with Crippen molar-refractivity contribution in [2.45, 2.75) is 44.8 Å². The average Bonchev–Trinajstić information content (AvgIpc) is 3.19. The molecule has 2 fully saturated rings. The van der Waals surface area contributed by atoms with Crippen molar-refractivity contribution in [3.05, 3.63) is 59.3 Å². The first-order chi connectivity index (χ1) is 15.6. The van der Waals surface area contributed by atoms with Crippen LogP contribution >= 0.6 is 0 Å². The van der Waals surface area contributed by atoms with Crippen molar-refractivity contribution in [2.75, 3.05) is 32.8 Å². The lowest BCUT2D eigenvalue weighted by Gasteiger charge is -2.34. The van der Waals surface area contributed by atoms with Gasteiger partial charge in [-0.25, -0.2) is 4.79 Å². The molecule has 2 saturated heterocycles. The number of amides is 2. The number of carbonyl (C=O) groups is 2. The molecule has 1 aromatic carbocycles. The second-order valence-electron chi connectivity index (χ2n) is 8.36. The predicted molar refractivity (Wildman–Crippen MR) is 123 cm³/mol. The summed E-state index contributed by atoms with van der Waals surface area (Å²) in [5.74, 6) is 0.0147. The quantitative estimate of drug-likeness (QED) is 0.585. The monoisotopic (exact) mass is 437 g/mol. The van der Waals surface area contributed by atoms with Gasteiger partial charge in [0.05, 0.1) is 19.2 Å². The van der Waals surface area contributed by atoms with Crippen LogP contribution in [0.2, 0.25) is 0 Å².